The lowest BCUT2D eigenvalue weighted by Crippen LogP contribution is -2.22. The van der Waals surface area contributed by atoms with Crippen molar-refractivity contribution in [2.24, 2.45) is 5.73 Å². The van der Waals surface area contributed by atoms with E-state index in [2.05, 4.69) is 15.1 Å². The highest BCUT2D eigenvalue weighted by molar-refractivity contribution is 7.99. The first-order chi connectivity index (χ1) is 10.1. The molecule has 110 valence electrons. The summed E-state index contributed by atoms with van der Waals surface area (Å²) in [6.45, 7) is 0.638. The Hall–Kier alpha value is -1.81. The first kappa shape index (κ1) is 14.1. The highest BCUT2D eigenvalue weighted by Crippen LogP contribution is 2.22. The molecule has 1 aliphatic heterocycles. The van der Waals surface area contributed by atoms with Crippen LogP contribution in [0.1, 0.15) is 5.89 Å². The van der Waals surface area contributed by atoms with Crippen molar-refractivity contribution in [3.63, 3.8) is 0 Å². The van der Waals surface area contributed by atoms with E-state index in [1.807, 2.05) is 0 Å². The third-order valence-electron chi connectivity index (χ3n) is 2.74. The fraction of sp³-hybridized carbons (Fsp3) is 0.364. The van der Waals surface area contributed by atoms with Gasteiger partial charge in [-0.3, -0.25) is 14.2 Å². The maximum atomic E-state index is 12.3. The van der Waals surface area contributed by atoms with Crippen molar-refractivity contribution in [2.45, 2.75) is 17.5 Å². The van der Waals surface area contributed by atoms with E-state index in [1.165, 1.54) is 18.0 Å². The number of carbonyl (C=O) groups is 1. The number of rotatable bonds is 5. The van der Waals surface area contributed by atoms with Crippen LogP contribution in [0, 0.1) is 0 Å². The number of nitrogens with two attached hydrogens (primary N) is 1. The number of aromatic nitrogens is 4. The van der Waals surface area contributed by atoms with E-state index in [4.69, 9.17) is 10.3 Å². The van der Waals surface area contributed by atoms with Crippen LogP contribution in [0.5, 0.6) is 0 Å². The lowest BCUT2D eigenvalue weighted by Gasteiger charge is -2.01. The van der Waals surface area contributed by atoms with Crippen LogP contribution in [0.15, 0.2) is 20.7 Å². The molecular formula is C11H11N5O3S2. The molecule has 2 N–H and O–H groups in total. The minimum Gasteiger partial charge on any atom is -0.369 e. The highest BCUT2D eigenvalue weighted by atomic mass is 32.2. The highest BCUT2D eigenvalue weighted by Gasteiger charge is 2.20. The first-order valence-electron chi connectivity index (χ1n) is 6.07. The molecule has 1 amide bonds. The zero-order valence-electron chi connectivity index (χ0n) is 10.8. The van der Waals surface area contributed by atoms with E-state index in [0.29, 0.717) is 28.9 Å². The second-order valence-electron chi connectivity index (χ2n) is 4.23. The Morgan fingerprint density at radius 3 is 3.24 bits per heavy atom. The SMILES string of the molecule is NC(=O)CSCc1nc(-c2cnc3n(c2=O)CCS3)no1. The Morgan fingerprint density at radius 1 is 1.57 bits per heavy atom. The van der Waals surface area contributed by atoms with Crippen LogP contribution in [-0.4, -0.2) is 37.1 Å². The van der Waals surface area contributed by atoms with Crippen LogP contribution in [0.4, 0.5) is 0 Å². The zero-order valence-corrected chi connectivity index (χ0v) is 12.4. The maximum absolute atomic E-state index is 12.3. The van der Waals surface area contributed by atoms with E-state index < -0.39 is 5.91 Å². The minimum absolute atomic E-state index is 0.165. The first-order valence-corrected chi connectivity index (χ1v) is 8.21. The van der Waals surface area contributed by atoms with Gasteiger partial charge in [0.25, 0.3) is 5.56 Å². The van der Waals surface area contributed by atoms with E-state index in [9.17, 15) is 9.59 Å². The van der Waals surface area contributed by atoms with Gasteiger partial charge >= 0.3 is 0 Å². The van der Waals surface area contributed by atoms with Crippen molar-refractivity contribution in [3.8, 4) is 11.4 Å². The summed E-state index contributed by atoms with van der Waals surface area (Å²) in [7, 11) is 0. The van der Waals surface area contributed by atoms with Crippen LogP contribution in [0.25, 0.3) is 11.4 Å². The van der Waals surface area contributed by atoms with E-state index >= 15 is 0 Å². The third-order valence-corrected chi connectivity index (χ3v) is 4.65. The monoisotopic (exact) mass is 325 g/mol. The van der Waals surface area contributed by atoms with Crippen molar-refractivity contribution in [2.75, 3.05) is 11.5 Å². The zero-order chi connectivity index (χ0) is 14.8. The summed E-state index contributed by atoms with van der Waals surface area (Å²) in [6, 6.07) is 0. The molecule has 3 heterocycles. The Labute approximate surface area is 127 Å². The molecule has 0 saturated heterocycles. The van der Waals surface area contributed by atoms with Crippen molar-refractivity contribution < 1.29 is 9.32 Å². The molecule has 0 atom stereocenters. The summed E-state index contributed by atoms with van der Waals surface area (Å²) in [6.07, 6.45) is 1.47. The molecule has 0 fully saturated rings. The molecule has 1 aliphatic rings. The molecule has 3 rings (SSSR count). The molecule has 0 aromatic carbocycles. The molecular weight excluding hydrogens is 314 g/mol. The molecule has 0 saturated carbocycles. The number of hydrogen-bond donors (Lipinski definition) is 1. The summed E-state index contributed by atoms with van der Waals surface area (Å²) in [4.78, 5) is 31.3. The number of amides is 1. The van der Waals surface area contributed by atoms with Gasteiger partial charge in [-0.2, -0.15) is 4.98 Å². The van der Waals surface area contributed by atoms with Crippen molar-refractivity contribution in [3.05, 3.63) is 22.4 Å². The second-order valence-corrected chi connectivity index (χ2v) is 6.28. The number of nitrogens with zero attached hydrogens (tertiary/aromatic N) is 4. The van der Waals surface area contributed by atoms with Crippen molar-refractivity contribution in [1.82, 2.24) is 19.7 Å². The number of carbonyl (C=O) groups excluding carboxylic acids is 1. The molecule has 8 nitrogen and oxygen atoms in total. The number of primary amides is 1. The summed E-state index contributed by atoms with van der Waals surface area (Å²) in [5.74, 6) is 1.54. The van der Waals surface area contributed by atoms with Gasteiger partial charge in [0, 0.05) is 18.5 Å². The van der Waals surface area contributed by atoms with Gasteiger partial charge < -0.3 is 10.3 Å². The van der Waals surface area contributed by atoms with E-state index in [-0.39, 0.29) is 17.1 Å². The molecule has 0 radical (unpaired) electrons. The summed E-state index contributed by atoms with van der Waals surface area (Å²) >= 11 is 2.82. The molecule has 21 heavy (non-hydrogen) atoms. The second kappa shape index (κ2) is 5.90. The van der Waals surface area contributed by atoms with Crippen LogP contribution in [0.2, 0.25) is 0 Å². The maximum Gasteiger partial charge on any atom is 0.265 e. The third kappa shape index (κ3) is 2.95. The Kier molecular flexibility index (Phi) is 3.97. The van der Waals surface area contributed by atoms with Crippen molar-refractivity contribution >= 4 is 29.4 Å². The number of thioether (sulfide) groups is 2. The van der Waals surface area contributed by atoms with Crippen molar-refractivity contribution in [1.29, 1.82) is 0 Å². The molecule has 0 aliphatic carbocycles. The molecule has 0 unspecified atom stereocenters. The van der Waals surface area contributed by atoms with Crippen LogP contribution in [0.3, 0.4) is 0 Å². The molecule has 10 heteroatoms. The molecule has 2 aromatic heterocycles. The van der Waals surface area contributed by atoms with E-state index in [0.717, 1.165) is 5.75 Å². The fourth-order valence-corrected chi connectivity index (χ4v) is 3.34. The standard InChI is InChI=1S/C11H11N5O3S2/c12-7(17)4-20-5-8-14-9(15-19-8)6-3-13-11-16(10(6)18)1-2-21-11/h3H,1-2,4-5H2,(H2,12,17). The van der Waals surface area contributed by atoms with Crippen LogP contribution in [-0.2, 0) is 17.1 Å². The smallest absolute Gasteiger partial charge is 0.265 e. The summed E-state index contributed by atoms with van der Waals surface area (Å²) in [5.41, 5.74) is 5.20. The van der Waals surface area contributed by atoms with Gasteiger partial charge in [-0.1, -0.05) is 16.9 Å². The van der Waals surface area contributed by atoms with Gasteiger partial charge in [0.1, 0.15) is 5.56 Å². The predicted molar refractivity (Wildman–Crippen MR) is 77.9 cm³/mol. The Balaban J connectivity index is 1.80. The average molecular weight is 325 g/mol. The molecule has 0 spiro atoms. The lowest BCUT2D eigenvalue weighted by molar-refractivity contribution is -0.115. The normalized spacial score (nSPS) is 13.3. The van der Waals surface area contributed by atoms with Crippen LogP contribution < -0.4 is 11.3 Å². The topological polar surface area (TPSA) is 117 Å². The average Bonchev–Trinajstić information content (AvgIpc) is 3.08. The van der Waals surface area contributed by atoms with Gasteiger partial charge in [-0.25, -0.2) is 4.98 Å². The summed E-state index contributed by atoms with van der Waals surface area (Å²) in [5, 5.41) is 4.51. The van der Waals surface area contributed by atoms with Gasteiger partial charge in [-0.05, 0) is 0 Å². The van der Waals surface area contributed by atoms with Gasteiger partial charge in [0.15, 0.2) is 5.16 Å². The van der Waals surface area contributed by atoms with Gasteiger partial charge in [0.2, 0.25) is 17.6 Å². The minimum atomic E-state index is -0.404. The molecule has 2 aromatic rings. The largest absolute Gasteiger partial charge is 0.369 e. The number of fused-ring (bicyclic) bond motifs is 1. The summed E-state index contributed by atoms with van der Waals surface area (Å²) < 4.78 is 6.67. The van der Waals surface area contributed by atoms with Gasteiger partial charge in [-0.15, -0.1) is 11.8 Å². The van der Waals surface area contributed by atoms with Crippen LogP contribution >= 0.6 is 23.5 Å². The quantitative estimate of drug-likeness (QED) is 0.770. The number of hydrogen-bond acceptors (Lipinski definition) is 8. The molecule has 0 bridgehead atoms. The Morgan fingerprint density at radius 2 is 2.43 bits per heavy atom. The van der Waals surface area contributed by atoms with Gasteiger partial charge in [0.05, 0.1) is 11.5 Å². The lowest BCUT2D eigenvalue weighted by atomic mass is 10.3. The van der Waals surface area contributed by atoms with E-state index in [1.54, 1.807) is 16.3 Å². The Bertz CT molecular complexity index is 742. The predicted octanol–water partition coefficient (Wildman–Crippen LogP) is 0.117. The fourth-order valence-electron chi connectivity index (χ4n) is 1.83.